The second-order valence-corrected chi connectivity index (χ2v) is 5.60. The van der Waals surface area contributed by atoms with Crippen LogP contribution in [0.25, 0.3) is 0 Å². The summed E-state index contributed by atoms with van der Waals surface area (Å²) in [5.74, 6) is -0.311. The second kappa shape index (κ2) is 10.8. The number of carbonyl (C=O) groups is 2. The first-order chi connectivity index (χ1) is 11.5. The van der Waals surface area contributed by atoms with Gasteiger partial charge in [-0.05, 0) is 44.6 Å². The van der Waals surface area contributed by atoms with Gasteiger partial charge in [0.2, 0.25) is 0 Å². The molecule has 0 aromatic heterocycles. The average molecular weight is 334 g/mol. The van der Waals surface area contributed by atoms with Crippen LogP contribution in [-0.4, -0.2) is 54.5 Å². The van der Waals surface area contributed by atoms with E-state index in [0.717, 1.165) is 19.6 Å². The number of carbonyl (C=O) groups excluding carboxylic acids is 2. The molecule has 0 N–H and O–H groups in total. The molecule has 0 saturated carbocycles. The Balaban J connectivity index is 2.66. The molecular formula is C19H30N2O3. The summed E-state index contributed by atoms with van der Waals surface area (Å²) in [6, 6.07) is 7.75. The molecule has 0 aliphatic rings. The highest BCUT2D eigenvalue weighted by atomic mass is 16.5. The van der Waals surface area contributed by atoms with Gasteiger partial charge in [-0.2, -0.15) is 0 Å². The Morgan fingerprint density at radius 3 is 2.08 bits per heavy atom. The number of esters is 1. The Labute approximate surface area is 145 Å². The predicted molar refractivity (Wildman–Crippen MR) is 95.9 cm³/mol. The summed E-state index contributed by atoms with van der Waals surface area (Å²) in [5.41, 5.74) is 1.86. The van der Waals surface area contributed by atoms with E-state index in [1.54, 1.807) is 11.8 Å². The van der Waals surface area contributed by atoms with E-state index in [0.29, 0.717) is 25.3 Å². The Morgan fingerprint density at radius 2 is 1.58 bits per heavy atom. The lowest BCUT2D eigenvalue weighted by atomic mass is 10.1. The first-order valence-electron chi connectivity index (χ1n) is 8.81. The van der Waals surface area contributed by atoms with E-state index in [9.17, 15) is 9.59 Å². The van der Waals surface area contributed by atoms with E-state index in [-0.39, 0.29) is 18.3 Å². The van der Waals surface area contributed by atoms with Crippen molar-refractivity contribution in [2.24, 2.45) is 0 Å². The highest BCUT2D eigenvalue weighted by Gasteiger charge is 2.16. The first-order valence-corrected chi connectivity index (χ1v) is 8.81. The molecule has 1 aromatic rings. The molecule has 1 rings (SSSR count). The maximum atomic E-state index is 12.6. The van der Waals surface area contributed by atoms with Gasteiger partial charge >= 0.3 is 5.97 Å². The average Bonchev–Trinajstić information content (AvgIpc) is 2.60. The van der Waals surface area contributed by atoms with Gasteiger partial charge in [-0.3, -0.25) is 14.5 Å². The van der Waals surface area contributed by atoms with Gasteiger partial charge in [0.1, 0.15) is 0 Å². The van der Waals surface area contributed by atoms with Crippen molar-refractivity contribution in [3.05, 3.63) is 35.4 Å². The maximum absolute atomic E-state index is 12.6. The van der Waals surface area contributed by atoms with E-state index in [1.165, 1.54) is 5.56 Å². The predicted octanol–water partition coefficient (Wildman–Crippen LogP) is 2.94. The number of hydrogen-bond acceptors (Lipinski definition) is 4. The van der Waals surface area contributed by atoms with Crippen molar-refractivity contribution in [1.82, 2.24) is 9.80 Å². The van der Waals surface area contributed by atoms with E-state index in [2.05, 4.69) is 18.7 Å². The Bertz CT molecular complexity index is 510. The molecular weight excluding hydrogens is 304 g/mol. The highest BCUT2D eigenvalue weighted by Crippen LogP contribution is 2.10. The fourth-order valence-electron chi connectivity index (χ4n) is 2.50. The smallest absolute Gasteiger partial charge is 0.307 e. The molecule has 0 bridgehead atoms. The van der Waals surface area contributed by atoms with Crippen molar-refractivity contribution in [3.8, 4) is 0 Å². The highest BCUT2D eigenvalue weighted by molar-refractivity contribution is 5.94. The molecule has 24 heavy (non-hydrogen) atoms. The van der Waals surface area contributed by atoms with Crippen LogP contribution in [0.2, 0.25) is 0 Å². The van der Waals surface area contributed by atoms with Gasteiger partial charge in [-0.25, -0.2) is 0 Å². The van der Waals surface area contributed by atoms with E-state index >= 15 is 0 Å². The molecule has 0 radical (unpaired) electrons. The molecule has 0 fully saturated rings. The fourth-order valence-corrected chi connectivity index (χ4v) is 2.50. The minimum Gasteiger partial charge on any atom is -0.466 e. The van der Waals surface area contributed by atoms with Gasteiger partial charge in [0.15, 0.2) is 0 Å². The lowest BCUT2D eigenvalue weighted by Gasteiger charge is -2.21. The Hall–Kier alpha value is -1.88. The summed E-state index contributed by atoms with van der Waals surface area (Å²) in [4.78, 5) is 28.0. The van der Waals surface area contributed by atoms with Crippen LogP contribution >= 0.6 is 0 Å². The van der Waals surface area contributed by atoms with Crippen LogP contribution in [0.5, 0.6) is 0 Å². The monoisotopic (exact) mass is 334 g/mol. The molecule has 0 aliphatic heterocycles. The zero-order valence-electron chi connectivity index (χ0n) is 15.4. The summed E-state index contributed by atoms with van der Waals surface area (Å²) >= 11 is 0. The van der Waals surface area contributed by atoms with Gasteiger partial charge in [-0.1, -0.05) is 26.0 Å². The molecule has 1 aromatic carbocycles. The zero-order chi connectivity index (χ0) is 17.9. The minimum absolute atomic E-state index is 0.0452. The van der Waals surface area contributed by atoms with Crippen LogP contribution in [0.3, 0.4) is 0 Å². The molecule has 0 heterocycles. The lowest BCUT2D eigenvalue weighted by Crippen LogP contribution is -2.33. The summed E-state index contributed by atoms with van der Waals surface area (Å²) in [6.45, 7) is 12.2. The van der Waals surface area contributed by atoms with Gasteiger partial charge in [-0.15, -0.1) is 0 Å². The van der Waals surface area contributed by atoms with E-state index in [4.69, 9.17) is 4.74 Å². The zero-order valence-corrected chi connectivity index (χ0v) is 15.4. The number of nitrogens with zero attached hydrogens (tertiary/aromatic N) is 2. The molecule has 0 atom stereocenters. The maximum Gasteiger partial charge on any atom is 0.307 e. The molecule has 134 valence electrons. The van der Waals surface area contributed by atoms with Crippen LogP contribution in [0.1, 0.15) is 50.0 Å². The quantitative estimate of drug-likeness (QED) is 0.617. The summed E-state index contributed by atoms with van der Waals surface area (Å²) in [5, 5.41) is 0. The SMILES string of the molecule is CCOC(=O)CCN(CC)C(=O)c1ccc(CN(CC)CC)cc1. The number of ether oxygens (including phenoxy) is 1. The van der Waals surface area contributed by atoms with Gasteiger partial charge in [0.25, 0.3) is 5.91 Å². The normalized spacial score (nSPS) is 10.7. The third kappa shape index (κ3) is 6.32. The van der Waals surface area contributed by atoms with Crippen LogP contribution in [-0.2, 0) is 16.1 Å². The van der Waals surface area contributed by atoms with Crippen molar-refractivity contribution in [1.29, 1.82) is 0 Å². The minimum atomic E-state index is -0.265. The van der Waals surface area contributed by atoms with Gasteiger partial charge in [0.05, 0.1) is 13.0 Å². The molecule has 1 amide bonds. The Morgan fingerprint density at radius 1 is 0.958 bits per heavy atom. The molecule has 0 spiro atoms. The van der Waals surface area contributed by atoms with Crippen molar-refractivity contribution in [2.75, 3.05) is 32.8 Å². The van der Waals surface area contributed by atoms with E-state index in [1.807, 2.05) is 31.2 Å². The molecule has 5 heteroatoms. The van der Waals surface area contributed by atoms with Gasteiger partial charge in [0, 0.05) is 25.2 Å². The molecule has 0 saturated heterocycles. The van der Waals surface area contributed by atoms with Crippen LogP contribution in [0, 0.1) is 0 Å². The topological polar surface area (TPSA) is 49.9 Å². The van der Waals surface area contributed by atoms with E-state index < -0.39 is 0 Å². The van der Waals surface area contributed by atoms with Crippen molar-refractivity contribution >= 4 is 11.9 Å². The van der Waals surface area contributed by atoms with Gasteiger partial charge < -0.3 is 9.64 Å². The number of rotatable bonds is 10. The Kier molecular flexibility index (Phi) is 9.08. The van der Waals surface area contributed by atoms with Crippen LogP contribution in [0.4, 0.5) is 0 Å². The lowest BCUT2D eigenvalue weighted by molar-refractivity contribution is -0.143. The van der Waals surface area contributed by atoms with Crippen LogP contribution in [0.15, 0.2) is 24.3 Å². The largest absolute Gasteiger partial charge is 0.466 e. The van der Waals surface area contributed by atoms with Crippen LogP contribution < -0.4 is 0 Å². The standard InChI is InChI=1S/C19H30N2O3/c1-5-20(6-2)15-16-9-11-17(12-10-16)19(23)21(7-3)14-13-18(22)24-8-4/h9-12H,5-8,13-15H2,1-4H3. The number of hydrogen-bond donors (Lipinski definition) is 0. The summed E-state index contributed by atoms with van der Waals surface area (Å²) < 4.78 is 4.91. The number of amides is 1. The van der Waals surface area contributed by atoms with Crippen molar-refractivity contribution in [3.63, 3.8) is 0 Å². The van der Waals surface area contributed by atoms with Crippen molar-refractivity contribution in [2.45, 2.75) is 40.7 Å². The fraction of sp³-hybridized carbons (Fsp3) is 0.579. The third-order valence-corrected chi connectivity index (χ3v) is 4.06. The summed E-state index contributed by atoms with van der Waals surface area (Å²) in [6.07, 6.45) is 0.230. The second-order valence-electron chi connectivity index (χ2n) is 5.60. The third-order valence-electron chi connectivity index (χ3n) is 4.06. The molecule has 0 unspecified atom stereocenters. The molecule has 5 nitrogen and oxygen atoms in total. The number of benzene rings is 1. The van der Waals surface area contributed by atoms with Crippen molar-refractivity contribution < 1.29 is 14.3 Å². The molecule has 0 aliphatic carbocycles. The first kappa shape index (κ1) is 20.2. The summed E-state index contributed by atoms with van der Waals surface area (Å²) in [7, 11) is 0.